The summed E-state index contributed by atoms with van der Waals surface area (Å²) in [7, 11) is 1.54. The number of hydrazone groups is 1. The number of hydrogen-bond donors (Lipinski definition) is 2. The van der Waals surface area contributed by atoms with Gasteiger partial charge in [-0.15, -0.1) is 0 Å². The Bertz CT molecular complexity index is 828. The van der Waals surface area contributed by atoms with Crippen molar-refractivity contribution in [3.63, 3.8) is 0 Å². The average Bonchev–Trinajstić information content (AvgIpc) is 2.90. The molecule has 0 fully saturated rings. The summed E-state index contributed by atoms with van der Waals surface area (Å²) in [6, 6.07) is 9.51. The molecule has 0 aliphatic carbocycles. The Labute approximate surface area is 163 Å². The number of hydrogen-bond acceptors (Lipinski definition) is 4. The molecule has 0 aliphatic heterocycles. The van der Waals surface area contributed by atoms with Crippen LogP contribution < -0.4 is 10.7 Å². The van der Waals surface area contributed by atoms with E-state index in [0.717, 1.165) is 22.6 Å². The molecule has 0 spiro atoms. The van der Waals surface area contributed by atoms with Crippen molar-refractivity contribution in [2.24, 2.45) is 5.10 Å². The molecule has 144 valence electrons. The molecule has 0 radical (unpaired) electrons. The molecule has 2 amide bonds. The Hall–Kier alpha value is -2.64. The number of benzene rings is 1. The number of methoxy groups -OCH3 is 1. The predicted octanol–water partition coefficient (Wildman–Crippen LogP) is 2.35. The highest BCUT2D eigenvalue weighted by Gasteiger charge is 2.10. The summed E-state index contributed by atoms with van der Waals surface area (Å²) in [5.41, 5.74) is 6.23. The lowest BCUT2D eigenvalue weighted by molar-refractivity contribution is -0.129. The minimum absolute atomic E-state index is 0.287. The quantitative estimate of drug-likeness (QED) is 0.314. The van der Waals surface area contributed by atoms with E-state index in [2.05, 4.69) is 20.4 Å². The fraction of sp³-hybridized carbons (Fsp3) is 0.316. The Morgan fingerprint density at radius 3 is 2.59 bits per heavy atom. The van der Waals surface area contributed by atoms with E-state index >= 15 is 0 Å². The van der Waals surface area contributed by atoms with Gasteiger partial charge in [-0.3, -0.25) is 9.59 Å². The van der Waals surface area contributed by atoms with Gasteiger partial charge in [-0.1, -0.05) is 11.6 Å². The first-order valence-corrected chi connectivity index (χ1v) is 8.82. The zero-order chi connectivity index (χ0) is 19.8. The Morgan fingerprint density at radius 1 is 1.22 bits per heavy atom. The molecule has 27 heavy (non-hydrogen) atoms. The number of rotatable bonds is 8. The van der Waals surface area contributed by atoms with Crippen LogP contribution in [0.25, 0.3) is 5.69 Å². The van der Waals surface area contributed by atoms with Crippen LogP contribution in [0.5, 0.6) is 0 Å². The molecule has 1 aromatic carbocycles. The largest absolute Gasteiger partial charge is 0.383 e. The molecule has 0 atom stereocenters. The maximum absolute atomic E-state index is 11.8. The van der Waals surface area contributed by atoms with Gasteiger partial charge in [0.2, 0.25) is 11.8 Å². The number of nitrogens with one attached hydrogen (secondary N) is 2. The van der Waals surface area contributed by atoms with Crippen LogP contribution in [-0.2, 0) is 14.3 Å². The van der Waals surface area contributed by atoms with Crippen LogP contribution in [0.1, 0.15) is 23.4 Å². The van der Waals surface area contributed by atoms with E-state index in [0.29, 0.717) is 18.2 Å². The van der Waals surface area contributed by atoms with E-state index in [-0.39, 0.29) is 12.3 Å². The van der Waals surface area contributed by atoms with E-state index < -0.39 is 5.91 Å². The monoisotopic (exact) mass is 390 g/mol. The van der Waals surface area contributed by atoms with Crippen LogP contribution in [0.2, 0.25) is 5.02 Å². The summed E-state index contributed by atoms with van der Waals surface area (Å²) in [5, 5.41) is 7.20. The third-order valence-corrected chi connectivity index (χ3v) is 4.15. The van der Waals surface area contributed by atoms with Crippen molar-refractivity contribution < 1.29 is 14.3 Å². The number of amides is 2. The van der Waals surface area contributed by atoms with Gasteiger partial charge in [0, 0.05) is 41.3 Å². The molecule has 0 unspecified atom stereocenters. The second kappa shape index (κ2) is 9.89. The first-order chi connectivity index (χ1) is 12.9. The first-order valence-electron chi connectivity index (χ1n) is 8.44. The molecule has 2 N–H and O–H groups in total. The molecule has 0 saturated carbocycles. The minimum Gasteiger partial charge on any atom is -0.383 e. The fourth-order valence-electron chi connectivity index (χ4n) is 2.62. The standard InChI is InChI=1S/C19H23ClN4O3/c1-13-10-15(14(2)24(13)17-6-4-16(20)5-7-17)12-22-23-19(26)11-18(25)21-8-9-27-3/h4-7,10,12H,8-9,11H2,1-3H3,(H,21,25)(H,23,26)/b22-12+. The van der Waals surface area contributed by atoms with Crippen molar-refractivity contribution in [1.29, 1.82) is 0 Å². The van der Waals surface area contributed by atoms with Crippen LogP contribution in [0, 0.1) is 13.8 Å². The lowest BCUT2D eigenvalue weighted by atomic mass is 10.2. The van der Waals surface area contributed by atoms with Crippen LogP contribution in [-0.4, -0.2) is 42.9 Å². The molecule has 7 nitrogen and oxygen atoms in total. The summed E-state index contributed by atoms with van der Waals surface area (Å²) in [6.07, 6.45) is 1.28. The number of aryl methyl sites for hydroxylation is 1. The van der Waals surface area contributed by atoms with E-state index in [1.165, 1.54) is 7.11 Å². The van der Waals surface area contributed by atoms with E-state index in [4.69, 9.17) is 16.3 Å². The van der Waals surface area contributed by atoms with E-state index in [9.17, 15) is 9.59 Å². The summed E-state index contributed by atoms with van der Waals surface area (Å²) < 4.78 is 6.90. The Kier molecular flexibility index (Phi) is 7.57. The van der Waals surface area contributed by atoms with Gasteiger partial charge in [-0.2, -0.15) is 5.10 Å². The van der Waals surface area contributed by atoms with Crippen molar-refractivity contribution in [1.82, 2.24) is 15.3 Å². The lowest BCUT2D eigenvalue weighted by Gasteiger charge is -2.09. The van der Waals surface area contributed by atoms with Gasteiger partial charge in [0.05, 0.1) is 12.8 Å². The highest BCUT2D eigenvalue weighted by molar-refractivity contribution is 6.30. The molecule has 0 aliphatic rings. The van der Waals surface area contributed by atoms with Crippen molar-refractivity contribution in [2.75, 3.05) is 20.3 Å². The van der Waals surface area contributed by atoms with Crippen LogP contribution in [0.15, 0.2) is 35.4 Å². The molecule has 2 rings (SSSR count). The van der Waals surface area contributed by atoms with Crippen molar-refractivity contribution in [3.8, 4) is 5.69 Å². The number of halogens is 1. The molecule has 0 saturated heterocycles. The number of aromatic nitrogens is 1. The van der Waals surface area contributed by atoms with Gasteiger partial charge in [0.1, 0.15) is 6.42 Å². The molecular formula is C19H23ClN4O3. The topological polar surface area (TPSA) is 84.7 Å². The Balaban J connectivity index is 1.97. The maximum atomic E-state index is 11.8. The first kappa shape index (κ1) is 20.7. The van der Waals surface area contributed by atoms with E-state index in [1.54, 1.807) is 6.21 Å². The summed E-state index contributed by atoms with van der Waals surface area (Å²) in [6.45, 7) is 4.72. The zero-order valence-corrected chi connectivity index (χ0v) is 16.3. The summed E-state index contributed by atoms with van der Waals surface area (Å²) in [4.78, 5) is 23.3. The van der Waals surface area contributed by atoms with Gasteiger partial charge in [0.25, 0.3) is 0 Å². The fourth-order valence-corrected chi connectivity index (χ4v) is 2.75. The number of carbonyl (C=O) groups is 2. The number of nitrogens with zero attached hydrogens (tertiary/aromatic N) is 2. The highest BCUT2D eigenvalue weighted by atomic mass is 35.5. The maximum Gasteiger partial charge on any atom is 0.249 e. The smallest absolute Gasteiger partial charge is 0.249 e. The second-order valence-corrected chi connectivity index (χ2v) is 6.39. The summed E-state index contributed by atoms with van der Waals surface area (Å²) in [5.74, 6) is -0.853. The van der Waals surface area contributed by atoms with Crippen LogP contribution >= 0.6 is 11.6 Å². The van der Waals surface area contributed by atoms with Gasteiger partial charge < -0.3 is 14.6 Å². The molecule has 2 aromatic rings. The summed E-state index contributed by atoms with van der Waals surface area (Å²) >= 11 is 5.95. The van der Waals surface area contributed by atoms with E-state index in [1.807, 2.05) is 44.2 Å². The normalized spacial score (nSPS) is 11.0. The third kappa shape index (κ3) is 5.94. The second-order valence-electron chi connectivity index (χ2n) is 5.95. The lowest BCUT2D eigenvalue weighted by Crippen LogP contribution is -2.31. The SMILES string of the molecule is COCCNC(=O)CC(=O)N/N=C/c1cc(C)n(-c2ccc(Cl)cc2)c1C. The van der Waals surface area contributed by atoms with Gasteiger partial charge in [-0.05, 0) is 44.2 Å². The third-order valence-electron chi connectivity index (χ3n) is 3.90. The molecule has 1 aromatic heterocycles. The average molecular weight is 391 g/mol. The molecule has 8 heteroatoms. The highest BCUT2D eigenvalue weighted by Crippen LogP contribution is 2.21. The van der Waals surface area contributed by atoms with Crippen molar-refractivity contribution in [3.05, 3.63) is 52.3 Å². The minimum atomic E-state index is -0.479. The number of ether oxygens (including phenoxy) is 1. The molecule has 0 bridgehead atoms. The van der Waals surface area contributed by atoms with Crippen LogP contribution in [0.4, 0.5) is 0 Å². The van der Waals surface area contributed by atoms with Gasteiger partial charge in [-0.25, -0.2) is 5.43 Å². The van der Waals surface area contributed by atoms with Gasteiger partial charge in [0.15, 0.2) is 0 Å². The predicted molar refractivity (Wildman–Crippen MR) is 105 cm³/mol. The molecule has 1 heterocycles. The van der Waals surface area contributed by atoms with Crippen LogP contribution in [0.3, 0.4) is 0 Å². The van der Waals surface area contributed by atoms with Gasteiger partial charge >= 0.3 is 0 Å². The molecular weight excluding hydrogens is 368 g/mol. The Morgan fingerprint density at radius 2 is 1.93 bits per heavy atom. The zero-order valence-electron chi connectivity index (χ0n) is 15.6. The number of carbonyl (C=O) groups excluding carboxylic acids is 2. The van der Waals surface area contributed by atoms with Crippen molar-refractivity contribution in [2.45, 2.75) is 20.3 Å². The van der Waals surface area contributed by atoms with Crippen molar-refractivity contribution >= 4 is 29.6 Å².